The van der Waals surface area contributed by atoms with Crippen molar-refractivity contribution in [1.82, 2.24) is 5.32 Å². The summed E-state index contributed by atoms with van der Waals surface area (Å²) in [6.07, 6.45) is 4.66. The minimum atomic E-state index is -0.531. The number of esters is 1. The Morgan fingerprint density at radius 3 is 2.56 bits per heavy atom. The summed E-state index contributed by atoms with van der Waals surface area (Å²) in [6, 6.07) is -0.531. The third kappa shape index (κ3) is 2.06. The fourth-order valence-corrected chi connectivity index (χ4v) is 3.12. The van der Waals surface area contributed by atoms with Crippen molar-refractivity contribution in [2.45, 2.75) is 38.6 Å². The molecule has 0 aromatic carbocycles. The van der Waals surface area contributed by atoms with Crippen molar-refractivity contribution in [3.05, 3.63) is 0 Å². The Bertz CT molecular complexity index is 303. The van der Waals surface area contributed by atoms with E-state index in [1.165, 1.54) is 26.4 Å². The summed E-state index contributed by atoms with van der Waals surface area (Å²) in [7, 11) is 1.34. The van der Waals surface area contributed by atoms with E-state index in [4.69, 9.17) is 0 Å². The summed E-state index contributed by atoms with van der Waals surface area (Å²) >= 11 is 0. The molecule has 4 nitrogen and oxygen atoms in total. The molecule has 2 bridgehead atoms. The van der Waals surface area contributed by atoms with Crippen LogP contribution in [-0.2, 0) is 14.3 Å². The highest BCUT2D eigenvalue weighted by Crippen LogP contribution is 2.48. The van der Waals surface area contributed by atoms with Gasteiger partial charge in [0.25, 0.3) is 0 Å². The Hall–Kier alpha value is -1.06. The molecule has 2 rings (SSSR count). The summed E-state index contributed by atoms with van der Waals surface area (Å²) in [6.45, 7) is 1.66. The third-order valence-electron chi connectivity index (χ3n) is 3.99. The van der Waals surface area contributed by atoms with Crippen molar-refractivity contribution < 1.29 is 14.3 Å². The lowest BCUT2D eigenvalue weighted by Crippen LogP contribution is -2.43. The molecule has 0 radical (unpaired) electrons. The highest BCUT2D eigenvalue weighted by Gasteiger charge is 2.43. The number of ether oxygens (including phenoxy) is 1. The SMILES string of the molecule is COC(=O)C(C)NC(=O)C1CC2CCC1C2. The van der Waals surface area contributed by atoms with Gasteiger partial charge in [0.15, 0.2) is 0 Å². The van der Waals surface area contributed by atoms with Gasteiger partial charge in [0.05, 0.1) is 7.11 Å². The minimum absolute atomic E-state index is 0.0325. The first-order valence-electron chi connectivity index (χ1n) is 6.00. The van der Waals surface area contributed by atoms with Gasteiger partial charge in [0.2, 0.25) is 5.91 Å². The zero-order chi connectivity index (χ0) is 11.7. The maximum absolute atomic E-state index is 11.9. The van der Waals surface area contributed by atoms with E-state index in [2.05, 4.69) is 10.1 Å². The maximum atomic E-state index is 11.9. The van der Waals surface area contributed by atoms with Crippen LogP contribution in [0.15, 0.2) is 0 Å². The zero-order valence-electron chi connectivity index (χ0n) is 9.86. The second kappa shape index (κ2) is 4.44. The second-order valence-electron chi connectivity index (χ2n) is 5.03. The lowest BCUT2D eigenvalue weighted by molar-refractivity contribution is -0.145. The maximum Gasteiger partial charge on any atom is 0.328 e. The van der Waals surface area contributed by atoms with Gasteiger partial charge in [0.1, 0.15) is 6.04 Å². The largest absolute Gasteiger partial charge is 0.467 e. The van der Waals surface area contributed by atoms with Crippen LogP contribution in [0.5, 0.6) is 0 Å². The molecule has 2 aliphatic carbocycles. The molecule has 2 fully saturated rings. The van der Waals surface area contributed by atoms with Gasteiger partial charge >= 0.3 is 5.97 Å². The average Bonchev–Trinajstić information content (AvgIpc) is 2.89. The molecule has 16 heavy (non-hydrogen) atoms. The first-order valence-corrected chi connectivity index (χ1v) is 6.00. The molecule has 1 amide bonds. The van der Waals surface area contributed by atoms with Gasteiger partial charge in [-0.1, -0.05) is 6.42 Å². The van der Waals surface area contributed by atoms with Gasteiger partial charge in [-0.2, -0.15) is 0 Å². The third-order valence-corrected chi connectivity index (χ3v) is 3.99. The lowest BCUT2D eigenvalue weighted by atomic mass is 9.88. The molecule has 2 saturated carbocycles. The molecule has 0 aromatic rings. The van der Waals surface area contributed by atoms with Crippen molar-refractivity contribution in [2.75, 3.05) is 7.11 Å². The number of hydrogen-bond acceptors (Lipinski definition) is 3. The number of nitrogens with one attached hydrogen (secondary N) is 1. The number of fused-ring (bicyclic) bond motifs is 2. The van der Waals surface area contributed by atoms with Crippen LogP contribution < -0.4 is 5.32 Å². The van der Waals surface area contributed by atoms with E-state index in [1.54, 1.807) is 6.92 Å². The van der Waals surface area contributed by atoms with Crippen LogP contribution in [0.1, 0.15) is 32.6 Å². The van der Waals surface area contributed by atoms with Crippen molar-refractivity contribution in [3.8, 4) is 0 Å². The molecule has 90 valence electrons. The van der Waals surface area contributed by atoms with Crippen molar-refractivity contribution in [3.63, 3.8) is 0 Å². The number of carbonyl (C=O) groups excluding carboxylic acids is 2. The van der Waals surface area contributed by atoms with E-state index in [0.717, 1.165) is 12.3 Å². The van der Waals surface area contributed by atoms with Crippen molar-refractivity contribution in [2.24, 2.45) is 17.8 Å². The quantitative estimate of drug-likeness (QED) is 0.732. The second-order valence-corrected chi connectivity index (χ2v) is 5.03. The van der Waals surface area contributed by atoms with Gasteiger partial charge in [-0.15, -0.1) is 0 Å². The summed E-state index contributed by atoms with van der Waals surface area (Å²) in [5.41, 5.74) is 0. The first kappa shape index (κ1) is 11.4. The first-order chi connectivity index (χ1) is 7.61. The van der Waals surface area contributed by atoms with Crippen LogP contribution >= 0.6 is 0 Å². The summed E-state index contributed by atoms with van der Waals surface area (Å²) < 4.78 is 4.58. The number of rotatable bonds is 3. The molecule has 4 unspecified atom stereocenters. The predicted octanol–water partition coefficient (Wildman–Crippen LogP) is 1.10. The summed E-state index contributed by atoms with van der Waals surface area (Å²) in [5.74, 6) is 1.08. The van der Waals surface area contributed by atoms with Gasteiger partial charge in [-0.05, 0) is 38.0 Å². The Morgan fingerprint density at radius 1 is 1.31 bits per heavy atom. The molecule has 4 heteroatoms. The Labute approximate surface area is 95.7 Å². The standard InChI is InChI=1S/C12H19NO3/c1-7(12(15)16-2)13-11(14)10-6-8-3-4-9(10)5-8/h7-10H,3-6H2,1-2H3,(H,13,14). The lowest BCUT2D eigenvalue weighted by Gasteiger charge is -2.22. The van der Waals surface area contributed by atoms with Crippen LogP contribution in [0.25, 0.3) is 0 Å². The molecule has 1 N–H and O–H groups in total. The van der Waals surface area contributed by atoms with Crippen molar-refractivity contribution in [1.29, 1.82) is 0 Å². The van der Waals surface area contributed by atoms with Crippen molar-refractivity contribution >= 4 is 11.9 Å². The highest BCUT2D eigenvalue weighted by atomic mass is 16.5. The topological polar surface area (TPSA) is 55.4 Å². The highest BCUT2D eigenvalue weighted by molar-refractivity contribution is 5.85. The Morgan fingerprint density at radius 2 is 2.06 bits per heavy atom. The molecular formula is C12H19NO3. The number of carbonyl (C=O) groups is 2. The van der Waals surface area contributed by atoms with Gasteiger partial charge in [-0.3, -0.25) is 4.79 Å². The monoisotopic (exact) mass is 225 g/mol. The summed E-state index contributed by atoms with van der Waals surface area (Å²) in [4.78, 5) is 23.1. The van der Waals surface area contributed by atoms with E-state index >= 15 is 0 Å². The predicted molar refractivity (Wildman–Crippen MR) is 58.6 cm³/mol. The molecule has 4 atom stereocenters. The number of hydrogen-bond donors (Lipinski definition) is 1. The molecular weight excluding hydrogens is 206 g/mol. The number of methoxy groups -OCH3 is 1. The zero-order valence-corrected chi connectivity index (χ0v) is 9.86. The molecule has 0 heterocycles. The summed E-state index contributed by atoms with van der Waals surface area (Å²) in [5, 5.41) is 2.74. The van der Waals surface area contributed by atoms with Crippen LogP contribution in [0.3, 0.4) is 0 Å². The van der Waals surface area contributed by atoms with Crippen LogP contribution in [0.4, 0.5) is 0 Å². The molecule has 0 aliphatic heterocycles. The van der Waals surface area contributed by atoms with Crippen LogP contribution in [0, 0.1) is 17.8 Å². The molecule has 0 spiro atoms. The van der Waals surface area contributed by atoms with E-state index in [1.807, 2.05) is 0 Å². The van der Waals surface area contributed by atoms with Gasteiger partial charge < -0.3 is 10.1 Å². The van der Waals surface area contributed by atoms with E-state index in [0.29, 0.717) is 5.92 Å². The van der Waals surface area contributed by atoms with Gasteiger partial charge in [0, 0.05) is 5.92 Å². The number of amides is 1. The molecule has 0 saturated heterocycles. The smallest absolute Gasteiger partial charge is 0.328 e. The normalized spacial score (nSPS) is 33.5. The molecule has 2 aliphatic rings. The minimum Gasteiger partial charge on any atom is -0.467 e. The van der Waals surface area contributed by atoms with Crippen LogP contribution in [-0.4, -0.2) is 25.0 Å². The fraction of sp³-hybridized carbons (Fsp3) is 0.833. The van der Waals surface area contributed by atoms with E-state index < -0.39 is 6.04 Å². The van der Waals surface area contributed by atoms with E-state index in [-0.39, 0.29) is 17.8 Å². The Balaban J connectivity index is 1.87. The van der Waals surface area contributed by atoms with E-state index in [9.17, 15) is 9.59 Å². The fourth-order valence-electron chi connectivity index (χ4n) is 3.12. The Kier molecular flexibility index (Phi) is 3.17. The van der Waals surface area contributed by atoms with Crippen LogP contribution in [0.2, 0.25) is 0 Å². The average molecular weight is 225 g/mol. The molecule has 0 aromatic heterocycles. The van der Waals surface area contributed by atoms with Gasteiger partial charge in [-0.25, -0.2) is 4.79 Å².